The summed E-state index contributed by atoms with van der Waals surface area (Å²) in [5.41, 5.74) is 0.580. The highest BCUT2D eigenvalue weighted by atomic mass is 79.9. The second-order valence-corrected chi connectivity index (χ2v) is 7.44. The van der Waals surface area contributed by atoms with E-state index in [2.05, 4.69) is 31.5 Å². The number of benzene rings is 2. The Morgan fingerprint density at radius 2 is 1.93 bits per heavy atom. The Labute approximate surface area is 167 Å². The number of nitrogens with zero attached hydrogens (tertiary/aromatic N) is 1. The fourth-order valence-electron chi connectivity index (χ4n) is 3.04. The highest BCUT2D eigenvalue weighted by Crippen LogP contribution is 2.18. The fraction of sp³-hybridized carbons (Fsp3) is 0.350. The molecule has 7 heteroatoms. The van der Waals surface area contributed by atoms with Gasteiger partial charge in [0.25, 0.3) is 0 Å². The Morgan fingerprint density at radius 3 is 2.63 bits per heavy atom. The van der Waals surface area contributed by atoms with Crippen molar-refractivity contribution in [2.45, 2.75) is 18.9 Å². The van der Waals surface area contributed by atoms with Gasteiger partial charge in [0.1, 0.15) is 18.2 Å². The first-order chi connectivity index (χ1) is 13.1. The van der Waals surface area contributed by atoms with E-state index in [0.717, 1.165) is 42.7 Å². The van der Waals surface area contributed by atoms with Gasteiger partial charge in [-0.05, 0) is 55.3 Å². The molecule has 1 fully saturated rings. The molecular weight excluding hydrogens is 413 g/mol. The number of likely N-dealkylation sites (tertiary alicyclic amines) is 1. The molecule has 0 aliphatic carbocycles. The van der Waals surface area contributed by atoms with E-state index in [1.807, 2.05) is 24.3 Å². The molecule has 0 saturated carbocycles. The molecule has 1 heterocycles. The average Bonchev–Trinajstić information content (AvgIpc) is 2.65. The van der Waals surface area contributed by atoms with Gasteiger partial charge in [0.2, 0.25) is 0 Å². The van der Waals surface area contributed by atoms with Gasteiger partial charge in [-0.15, -0.1) is 0 Å². The largest absolute Gasteiger partial charge is 0.492 e. The molecule has 0 atom stereocenters. The maximum absolute atomic E-state index is 12.9. The van der Waals surface area contributed by atoms with Crippen LogP contribution in [0.4, 0.5) is 14.9 Å². The minimum Gasteiger partial charge on any atom is -0.492 e. The van der Waals surface area contributed by atoms with Crippen molar-refractivity contribution in [2.75, 3.05) is 31.6 Å². The van der Waals surface area contributed by atoms with Crippen molar-refractivity contribution in [3.63, 3.8) is 0 Å². The van der Waals surface area contributed by atoms with Gasteiger partial charge in [-0.2, -0.15) is 0 Å². The average molecular weight is 436 g/mol. The monoisotopic (exact) mass is 435 g/mol. The first-order valence-corrected chi connectivity index (χ1v) is 9.81. The molecule has 1 aliphatic heterocycles. The second-order valence-electron chi connectivity index (χ2n) is 6.53. The van der Waals surface area contributed by atoms with E-state index in [-0.39, 0.29) is 17.9 Å². The second kappa shape index (κ2) is 9.71. The lowest BCUT2D eigenvalue weighted by molar-refractivity contribution is 0.165. The number of hydrogen-bond acceptors (Lipinski definition) is 3. The van der Waals surface area contributed by atoms with Crippen LogP contribution < -0.4 is 15.4 Å². The van der Waals surface area contributed by atoms with Crippen molar-refractivity contribution >= 4 is 27.6 Å². The lowest BCUT2D eigenvalue weighted by Crippen LogP contribution is -2.46. The fourth-order valence-corrected chi connectivity index (χ4v) is 3.41. The topological polar surface area (TPSA) is 53.6 Å². The zero-order valence-corrected chi connectivity index (χ0v) is 16.5. The highest BCUT2D eigenvalue weighted by molar-refractivity contribution is 9.10. The predicted octanol–water partition coefficient (Wildman–Crippen LogP) is 4.25. The van der Waals surface area contributed by atoms with Crippen molar-refractivity contribution in [2.24, 2.45) is 0 Å². The Hall–Kier alpha value is -2.12. The number of hydrogen-bond donors (Lipinski definition) is 2. The lowest BCUT2D eigenvalue weighted by Gasteiger charge is -2.32. The van der Waals surface area contributed by atoms with Crippen LogP contribution in [0.1, 0.15) is 12.8 Å². The molecule has 0 bridgehead atoms. The standard InChI is InChI=1S/C20H23BrFN3O2/c21-15-2-1-3-19(14-15)27-13-12-25-10-8-18(9-11-25)24-20(26)23-17-6-4-16(22)5-7-17/h1-7,14,18H,8-13H2,(H2,23,24,26). The summed E-state index contributed by atoms with van der Waals surface area (Å²) < 4.78 is 19.7. The number of piperidine rings is 1. The van der Waals surface area contributed by atoms with Crippen molar-refractivity contribution in [3.8, 4) is 5.75 Å². The summed E-state index contributed by atoms with van der Waals surface area (Å²) in [6.07, 6.45) is 1.79. The molecule has 0 aromatic heterocycles. The molecule has 0 radical (unpaired) electrons. The molecule has 144 valence electrons. The molecule has 2 N–H and O–H groups in total. The lowest BCUT2D eigenvalue weighted by atomic mass is 10.1. The highest BCUT2D eigenvalue weighted by Gasteiger charge is 2.20. The third kappa shape index (κ3) is 6.52. The van der Waals surface area contributed by atoms with E-state index in [1.165, 1.54) is 12.1 Å². The number of urea groups is 1. The van der Waals surface area contributed by atoms with E-state index in [4.69, 9.17) is 4.74 Å². The molecule has 1 aliphatic rings. The van der Waals surface area contributed by atoms with E-state index < -0.39 is 0 Å². The van der Waals surface area contributed by atoms with Crippen LogP contribution in [-0.2, 0) is 0 Å². The molecule has 2 amide bonds. The molecule has 2 aromatic carbocycles. The summed E-state index contributed by atoms with van der Waals surface area (Å²) in [6.45, 7) is 3.34. The molecule has 2 aromatic rings. The van der Waals surface area contributed by atoms with Crippen LogP contribution in [0.15, 0.2) is 53.0 Å². The Kier molecular flexibility index (Phi) is 7.06. The summed E-state index contributed by atoms with van der Waals surface area (Å²) in [7, 11) is 0. The van der Waals surface area contributed by atoms with Gasteiger partial charge >= 0.3 is 6.03 Å². The number of ether oxygens (including phenoxy) is 1. The summed E-state index contributed by atoms with van der Waals surface area (Å²) in [4.78, 5) is 14.4. The van der Waals surface area contributed by atoms with Gasteiger partial charge in [-0.3, -0.25) is 4.90 Å². The van der Waals surface area contributed by atoms with Gasteiger partial charge in [0, 0.05) is 35.8 Å². The van der Waals surface area contributed by atoms with Crippen LogP contribution >= 0.6 is 15.9 Å². The number of carbonyl (C=O) groups excluding carboxylic acids is 1. The number of amides is 2. The minimum absolute atomic E-state index is 0.146. The van der Waals surface area contributed by atoms with E-state index >= 15 is 0 Å². The Bertz CT molecular complexity index is 749. The van der Waals surface area contributed by atoms with Crippen molar-refractivity contribution in [1.29, 1.82) is 0 Å². The third-order valence-corrected chi connectivity index (χ3v) is 4.99. The molecule has 27 heavy (non-hydrogen) atoms. The van der Waals surface area contributed by atoms with Gasteiger partial charge in [0.05, 0.1) is 0 Å². The van der Waals surface area contributed by atoms with Crippen LogP contribution in [0, 0.1) is 5.82 Å². The molecule has 3 rings (SSSR count). The maximum atomic E-state index is 12.9. The summed E-state index contributed by atoms with van der Waals surface area (Å²) in [6, 6.07) is 13.5. The zero-order chi connectivity index (χ0) is 19.1. The Balaban J connectivity index is 1.33. The maximum Gasteiger partial charge on any atom is 0.319 e. The molecular formula is C20H23BrFN3O2. The molecule has 0 spiro atoms. The minimum atomic E-state index is -0.322. The van der Waals surface area contributed by atoms with Crippen molar-refractivity contribution in [3.05, 3.63) is 58.8 Å². The van der Waals surface area contributed by atoms with Crippen molar-refractivity contribution in [1.82, 2.24) is 10.2 Å². The number of rotatable bonds is 6. The predicted molar refractivity (Wildman–Crippen MR) is 108 cm³/mol. The normalized spacial score (nSPS) is 15.3. The molecule has 1 saturated heterocycles. The number of anilines is 1. The van der Waals surface area contributed by atoms with Gasteiger partial charge in [-0.25, -0.2) is 9.18 Å². The van der Waals surface area contributed by atoms with Crippen LogP contribution in [0.3, 0.4) is 0 Å². The van der Waals surface area contributed by atoms with Gasteiger partial charge < -0.3 is 15.4 Å². The molecule has 5 nitrogen and oxygen atoms in total. The zero-order valence-electron chi connectivity index (χ0n) is 15.0. The van der Waals surface area contributed by atoms with Crippen molar-refractivity contribution < 1.29 is 13.9 Å². The smallest absolute Gasteiger partial charge is 0.319 e. The van der Waals surface area contributed by atoms with E-state index in [1.54, 1.807) is 12.1 Å². The van der Waals surface area contributed by atoms with E-state index in [9.17, 15) is 9.18 Å². The van der Waals surface area contributed by atoms with E-state index in [0.29, 0.717) is 12.3 Å². The third-order valence-electron chi connectivity index (χ3n) is 4.50. The first kappa shape index (κ1) is 19.6. The summed E-state index contributed by atoms with van der Waals surface area (Å²) in [5.74, 6) is 0.538. The summed E-state index contributed by atoms with van der Waals surface area (Å²) >= 11 is 3.43. The van der Waals surface area contributed by atoms with Crippen LogP contribution in [-0.4, -0.2) is 43.2 Å². The number of nitrogens with one attached hydrogen (secondary N) is 2. The Morgan fingerprint density at radius 1 is 1.19 bits per heavy atom. The van der Waals surface area contributed by atoms with Crippen LogP contribution in [0.2, 0.25) is 0 Å². The number of carbonyl (C=O) groups is 1. The SMILES string of the molecule is O=C(Nc1ccc(F)cc1)NC1CCN(CCOc2cccc(Br)c2)CC1. The van der Waals surface area contributed by atoms with Crippen LogP contribution in [0.5, 0.6) is 5.75 Å². The summed E-state index contributed by atoms with van der Waals surface area (Å²) in [5, 5.41) is 5.71. The van der Waals surface area contributed by atoms with Gasteiger partial charge in [-0.1, -0.05) is 22.0 Å². The quantitative estimate of drug-likeness (QED) is 0.712. The van der Waals surface area contributed by atoms with Crippen LogP contribution in [0.25, 0.3) is 0 Å². The van der Waals surface area contributed by atoms with Gasteiger partial charge in [0.15, 0.2) is 0 Å². The first-order valence-electron chi connectivity index (χ1n) is 9.02. The molecule has 0 unspecified atom stereocenters. The number of halogens is 2.